The second-order valence-electron chi connectivity index (χ2n) is 9.44. The zero-order valence-electron chi connectivity index (χ0n) is 19.2. The minimum atomic E-state index is -0.671. The van der Waals surface area contributed by atoms with Gasteiger partial charge < -0.3 is 19.4 Å². The highest BCUT2D eigenvalue weighted by Gasteiger charge is 2.57. The molecule has 2 aliphatic heterocycles. The minimum absolute atomic E-state index is 0.0161. The number of urea groups is 1. The van der Waals surface area contributed by atoms with E-state index in [-0.39, 0.29) is 11.9 Å². The van der Waals surface area contributed by atoms with Crippen molar-refractivity contribution in [3.63, 3.8) is 0 Å². The Hall–Kier alpha value is -2.12. The standard InChI is InChI=1S/C24H36N4O3/c1-25(2)17-18-27-22(29)24(12-15-26(16-13-24)20-5-4-6-20)28(23(27)30)14-11-19-7-9-21(31-3)10-8-19/h7-10,20H,4-6,11-18H2,1-3H3. The van der Waals surface area contributed by atoms with Gasteiger partial charge in [0.1, 0.15) is 11.3 Å². The zero-order valence-corrected chi connectivity index (χ0v) is 19.2. The Morgan fingerprint density at radius 2 is 1.74 bits per heavy atom. The molecular formula is C24H36N4O3. The number of rotatable bonds is 8. The molecule has 0 bridgehead atoms. The lowest BCUT2D eigenvalue weighted by Crippen LogP contribution is -2.59. The Kier molecular flexibility index (Phi) is 6.53. The van der Waals surface area contributed by atoms with Gasteiger partial charge in [-0.2, -0.15) is 0 Å². The summed E-state index contributed by atoms with van der Waals surface area (Å²) in [5, 5.41) is 0. The number of carbonyl (C=O) groups is 2. The molecule has 170 valence electrons. The van der Waals surface area contributed by atoms with Crippen LogP contribution < -0.4 is 4.74 Å². The number of imide groups is 1. The van der Waals surface area contributed by atoms with Gasteiger partial charge in [0.25, 0.3) is 5.91 Å². The number of piperidine rings is 1. The third-order valence-electron chi connectivity index (χ3n) is 7.39. The average molecular weight is 429 g/mol. The van der Waals surface area contributed by atoms with Crippen LogP contribution in [0.15, 0.2) is 24.3 Å². The maximum atomic E-state index is 13.6. The number of likely N-dealkylation sites (tertiary alicyclic amines) is 1. The van der Waals surface area contributed by atoms with Crippen molar-refractivity contribution in [2.45, 2.75) is 50.1 Å². The van der Waals surface area contributed by atoms with Crippen molar-refractivity contribution in [2.75, 3.05) is 53.9 Å². The minimum Gasteiger partial charge on any atom is -0.497 e. The highest BCUT2D eigenvalue weighted by molar-refractivity contribution is 6.07. The number of carbonyl (C=O) groups excluding carboxylic acids is 2. The third kappa shape index (κ3) is 4.30. The molecule has 7 nitrogen and oxygen atoms in total. The van der Waals surface area contributed by atoms with E-state index in [0.29, 0.717) is 25.7 Å². The summed E-state index contributed by atoms with van der Waals surface area (Å²) in [4.78, 5) is 34.9. The Morgan fingerprint density at radius 1 is 1.06 bits per heavy atom. The van der Waals surface area contributed by atoms with E-state index < -0.39 is 5.54 Å². The lowest BCUT2D eigenvalue weighted by molar-refractivity contribution is -0.136. The van der Waals surface area contributed by atoms with Gasteiger partial charge in [-0.05, 0) is 63.9 Å². The second-order valence-corrected chi connectivity index (χ2v) is 9.44. The number of hydrogen-bond donors (Lipinski definition) is 0. The van der Waals surface area contributed by atoms with Crippen molar-refractivity contribution in [2.24, 2.45) is 0 Å². The molecule has 3 fully saturated rings. The van der Waals surface area contributed by atoms with Crippen LogP contribution in [0.5, 0.6) is 5.75 Å². The molecule has 1 aliphatic carbocycles. The molecule has 0 aromatic heterocycles. The number of hydrogen-bond acceptors (Lipinski definition) is 5. The highest BCUT2D eigenvalue weighted by atomic mass is 16.5. The molecule has 0 atom stereocenters. The molecule has 0 radical (unpaired) electrons. The molecule has 2 saturated heterocycles. The molecule has 4 rings (SSSR count). The van der Waals surface area contributed by atoms with Crippen LogP contribution in [0.4, 0.5) is 4.79 Å². The highest BCUT2D eigenvalue weighted by Crippen LogP contribution is 2.39. The molecule has 0 N–H and O–H groups in total. The predicted molar refractivity (Wildman–Crippen MR) is 120 cm³/mol. The number of likely N-dealkylation sites (N-methyl/N-ethyl adjacent to an activating group) is 1. The van der Waals surface area contributed by atoms with Gasteiger partial charge in [0, 0.05) is 38.8 Å². The SMILES string of the molecule is COc1ccc(CCN2C(=O)N(CCN(C)C)C(=O)C23CCN(C2CCC2)CC3)cc1. The zero-order chi connectivity index (χ0) is 22.0. The molecule has 31 heavy (non-hydrogen) atoms. The maximum Gasteiger partial charge on any atom is 0.327 e. The fourth-order valence-corrected chi connectivity index (χ4v) is 5.12. The van der Waals surface area contributed by atoms with Crippen molar-refractivity contribution in [1.29, 1.82) is 0 Å². The predicted octanol–water partition coefficient (Wildman–Crippen LogP) is 2.45. The second kappa shape index (κ2) is 9.17. The van der Waals surface area contributed by atoms with Crippen LogP contribution in [0.3, 0.4) is 0 Å². The molecule has 3 amide bonds. The van der Waals surface area contributed by atoms with E-state index in [1.165, 1.54) is 24.2 Å². The number of nitrogens with zero attached hydrogens (tertiary/aromatic N) is 4. The number of methoxy groups -OCH3 is 1. The summed E-state index contributed by atoms with van der Waals surface area (Å²) in [5.41, 5.74) is 0.477. The molecule has 1 spiro atoms. The van der Waals surface area contributed by atoms with Crippen molar-refractivity contribution in [3.8, 4) is 5.75 Å². The molecular weight excluding hydrogens is 392 g/mol. The summed E-state index contributed by atoms with van der Waals surface area (Å²) in [5.74, 6) is 0.841. The van der Waals surface area contributed by atoms with E-state index in [4.69, 9.17) is 4.74 Å². The van der Waals surface area contributed by atoms with Crippen LogP contribution in [-0.4, -0.2) is 97.0 Å². The van der Waals surface area contributed by atoms with E-state index in [1.54, 1.807) is 7.11 Å². The van der Waals surface area contributed by atoms with Crippen molar-refractivity contribution >= 4 is 11.9 Å². The van der Waals surface area contributed by atoms with E-state index in [1.807, 2.05) is 48.2 Å². The third-order valence-corrected chi connectivity index (χ3v) is 7.39. The van der Waals surface area contributed by atoms with Gasteiger partial charge in [-0.1, -0.05) is 18.6 Å². The summed E-state index contributed by atoms with van der Waals surface area (Å²) >= 11 is 0. The summed E-state index contributed by atoms with van der Waals surface area (Å²) in [6.45, 7) is 3.53. The first kappa shape index (κ1) is 22.1. The summed E-state index contributed by atoms with van der Waals surface area (Å²) < 4.78 is 5.25. The number of ether oxygens (including phenoxy) is 1. The Balaban J connectivity index is 1.50. The first-order valence-electron chi connectivity index (χ1n) is 11.6. The topological polar surface area (TPSA) is 56.3 Å². The molecule has 2 heterocycles. The Labute approximate surface area is 185 Å². The molecule has 1 aromatic carbocycles. The van der Waals surface area contributed by atoms with Crippen LogP contribution in [-0.2, 0) is 11.2 Å². The molecule has 0 unspecified atom stereocenters. The first-order chi connectivity index (χ1) is 14.9. The first-order valence-corrected chi connectivity index (χ1v) is 11.6. The van der Waals surface area contributed by atoms with E-state index in [9.17, 15) is 9.59 Å². The molecule has 3 aliphatic rings. The van der Waals surface area contributed by atoms with E-state index in [2.05, 4.69) is 4.90 Å². The summed E-state index contributed by atoms with van der Waals surface area (Å²) in [6.07, 6.45) is 6.09. The quantitative estimate of drug-likeness (QED) is 0.596. The lowest BCUT2D eigenvalue weighted by atomic mass is 9.82. The van der Waals surface area contributed by atoms with Crippen molar-refractivity contribution in [3.05, 3.63) is 29.8 Å². The number of benzene rings is 1. The van der Waals surface area contributed by atoms with Gasteiger partial charge in [0.15, 0.2) is 0 Å². The monoisotopic (exact) mass is 428 g/mol. The van der Waals surface area contributed by atoms with Crippen LogP contribution in [0, 0.1) is 0 Å². The Morgan fingerprint density at radius 3 is 2.29 bits per heavy atom. The van der Waals surface area contributed by atoms with Crippen LogP contribution >= 0.6 is 0 Å². The molecule has 1 aromatic rings. The van der Waals surface area contributed by atoms with Gasteiger partial charge in [0.05, 0.1) is 7.11 Å². The fourth-order valence-electron chi connectivity index (χ4n) is 5.12. The van der Waals surface area contributed by atoms with Gasteiger partial charge >= 0.3 is 6.03 Å². The van der Waals surface area contributed by atoms with Gasteiger partial charge in [0.2, 0.25) is 0 Å². The fraction of sp³-hybridized carbons (Fsp3) is 0.667. The van der Waals surface area contributed by atoms with Gasteiger partial charge in [-0.15, -0.1) is 0 Å². The maximum absolute atomic E-state index is 13.6. The Bertz CT molecular complexity index is 783. The van der Waals surface area contributed by atoms with Gasteiger partial charge in [-0.25, -0.2) is 4.79 Å². The molecule has 1 saturated carbocycles. The van der Waals surface area contributed by atoms with E-state index in [0.717, 1.165) is 43.7 Å². The normalized spacial score (nSPS) is 21.9. The van der Waals surface area contributed by atoms with E-state index >= 15 is 0 Å². The summed E-state index contributed by atoms with van der Waals surface area (Å²) in [6, 6.07) is 8.54. The number of amides is 3. The molecule has 7 heteroatoms. The van der Waals surface area contributed by atoms with Crippen molar-refractivity contribution < 1.29 is 14.3 Å². The van der Waals surface area contributed by atoms with Crippen LogP contribution in [0.1, 0.15) is 37.7 Å². The smallest absolute Gasteiger partial charge is 0.327 e. The summed E-state index contributed by atoms with van der Waals surface area (Å²) in [7, 11) is 5.60. The van der Waals surface area contributed by atoms with Crippen LogP contribution in [0.2, 0.25) is 0 Å². The van der Waals surface area contributed by atoms with Crippen molar-refractivity contribution in [1.82, 2.24) is 19.6 Å². The average Bonchev–Trinajstić information content (AvgIpc) is 2.92. The van der Waals surface area contributed by atoms with Crippen LogP contribution in [0.25, 0.3) is 0 Å². The lowest BCUT2D eigenvalue weighted by Gasteiger charge is -2.46. The van der Waals surface area contributed by atoms with Gasteiger partial charge in [-0.3, -0.25) is 9.69 Å². The largest absolute Gasteiger partial charge is 0.497 e.